The van der Waals surface area contributed by atoms with E-state index in [1.54, 1.807) is 0 Å². The standard InChI is InChI=1S/C20H32N2O/c1-20(2,3)18-10-7-17(8-11-18)9-12-19(23)21-13-6-16-22-14-4-5-15-22/h7-8,10-11H,4-6,9,12-16H2,1-3H3,(H,21,23). The van der Waals surface area contributed by atoms with E-state index in [-0.39, 0.29) is 11.3 Å². The van der Waals surface area contributed by atoms with Crippen LogP contribution in [0.25, 0.3) is 0 Å². The van der Waals surface area contributed by atoms with Crippen molar-refractivity contribution in [2.45, 2.75) is 58.3 Å². The normalized spacial score (nSPS) is 15.8. The zero-order valence-electron chi connectivity index (χ0n) is 15.0. The molecule has 0 unspecified atom stereocenters. The number of nitrogens with zero attached hydrogens (tertiary/aromatic N) is 1. The minimum atomic E-state index is 0.173. The molecule has 0 bridgehead atoms. The molecule has 0 aliphatic carbocycles. The van der Waals surface area contributed by atoms with E-state index in [0.29, 0.717) is 6.42 Å². The summed E-state index contributed by atoms with van der Waals surface area (Å²) in [6.07, 6.45) is 5.13. The molecule has 1 saturated heterocycles. The predicted octanol–water partition coefficient (Wildman–Crippen LogP) is 3.52. The Labute approximate surface area is 141 Å². The largest absolute Gasteiger partial charge is 0.356 e. The molecule has 1 fully saturated rings. The summed E-state index contributed by atoms with van der Waals surface area (Å²) in [6, 6.07) is 8.68. The number of benzene rings is 1. The van der Waals surface area contributed by atoms with Gasteiger partial charge in [-0.2, -0.15) is 0 Å². The molecule has 0 radical (unpaired) electrons. The molecule has 1 aromatic carbocycles. The van der Waals surface area contributed by atoms with E-state index in [9.17, 15) is 4.79 Å². The maximum Gasteiger partial charge on any atom is 0.220 e. The molecule has 3 nitrogen and oxygen atoms in total. The molecule has 3 heteroatoms. The van der Waals surface area contributed by atoms with Crippen molar-refractivity contribution in [3.05, 3.63) is 35.4 Å². The summed E-state index contributed by atoms with van der Waals surface area (Å²) in [5.74, 6) is 0.173. The molecule has 0 aromatic heterocycles. The van der Waals surface area contributed by atoms with Crippen LogP contribution in [0.4, 0.5) is 0 Å². The number of rotatable bonds is 7. The van der Waals surface area contributed by atoms with Crippen LogP contribution in [0.5, 0.6) is 0 Å². The molecule has 0 atom stereocenters. The van der Waals surface area contributed by atoms with Crippen LogP contribution in [0.15, 0.2) is 24.3 Å². The van der Waals surface area contributed by atoms with Gasteiger partial charge >= 0.3 is 0 Å². The third-order valence-corrected chi connectivity index (χ3v) is 4.63. The van der Waals surface area contributed by atoms with Gasteiger partial charge < -0.3 is 10.2 Å². The topological polar surface area (TPSA) is 32.3 Å². The zero-order valence-corrected chi connectivity index (χ0v) is 15.0. The number of carbonyl (C=O) groups is 1. The van der Waals surface area contributed by atoms with Gasteiger partial charge in [0, 0.05) is 13.0 Å². The van der Waals surface area contributed by atoms with Crippen molar-refractivity contribution in [1.82, 2.24) is 10.2 Å². The Kier molecular flexibility index (Phi) is 6.64. The number of nitrogens with one attached hydrogen (secondary N) is 1. The van der Waals surface area contributed by atoms with Crippen molar-refractivity contribution in [3.63, 3.8) is 0 Å². The first-order valence-corrected chi connectivity index (χ1v) is 9.03. The second kappa shape index (κ2) is 8.49. The Balaban J connectivity index is 1.62. The molecular weight excluding hydrogens is 284 g/mol. The molecule has 0 spiro atoms. The summed E-state index contributed by atoms with van der Waals surface area (Å²) in [5.41, 5.74) is 2.77. The van der Waals surface area contributed by atoms with Crippen molar-refractivity contribution < 1.29 is 4.79 Å². The molecule has 1 amide bonds. The Morgan fingerprint density at radius 1 is 1.13 bits per heavy atom. The zero-order chi connectivity index (χ0) is 16.7. The van der Waals surface area contributed by atoms with Gasteiger partial charge in [0.05, 0.1) is 0 Å². The average Bonchev–Trinajstić information content (AvgIpc) is 3.02. The summed E-state index contributed by atoms with van der Waals surface area (Å²) in [4.78, 5) is 14.4. The van der Waals surface area contributed by atoms with E-state index in [2.05, 4.69) is 55.3 Å². The first-order valence-electron chi connectivity index (χ1n) is 9.03. The third-order valence-electron chi connectivity index (χ3n) is 4.63. The Morgan fingerprint density at radius 3 is 2.39 bits per heavy atom. The van der Waals surface area contributed by atoms with Crippen LogP contribution >= 0.6 is 0 Å². The van der Waals surface area contributed by atoms with Crippen LogP contribution in [0.3, 0.4) is 0 Å². The molecule has 1 heterocycles. The fraction of sp³-hybridized carbons (Fsp3) is 0.650. The highest BCUT2D eigenvalue weighted by Gasteiger charge is 2.13. The number of amides is 1. The lowest BCUT2D eigenvalue weighted by Crippen LogP contribution is -2.28. The third kappa shape index (κ3) is 6.34. The van der Waals surface area contributed by atoms with Crippen LogP contribution in [0, 0.1) is 0 Å². The molecule has 1 aliphatic heterocycles. The summed E-state index contributed by atoms with van der Waals surface area (Å²) >= 11 is 0. The van der Waals surface area contributed by atoms with Crippen LogP contribution in [-0.4, -0.2) is 37.0 Å². The quantitative estimate of drug-likeness (QED) is 0.781. The van der Waals surface area contributed by atoms with Crippen LogP contribution in [-0.2, 0) is 16.6 Å². The van der Waals surface area contributed by atoms with E-state index in [1.807, 2.05) is 0 Å². The lowest BCUT2D eigenvalue weighted by atomic mass is 9.86. The molecule has 1 aromatic rings. The maximum absolute atomic E-state index is 11.9. The minimum Gasteiger partial charge on any atom is -0.356 e. The van der Waals surface area contributed by atoms with Crippen molar-refractivity contribution in [3.8, 4) is 0 Å². The Hall–Kier alpha value is -1.35. The average molecular weight is 316 g/mol. The number of carbonyl (C=O) groups excluding carboxylic acids is 1. The van der Waals surface area contributed by atoms with Crippen LogP contribution in [0.2, 0.25) is 0 Å². The van der Waals surface area contributed by atoms with E-state index in [1.165, 1.54) is 37.1 Å². The van der Waals surface area contributed by atoms with Gasteiger partial charge in [0.1, 0.15) is 0 Å². The first kappa shape index (κ1) is 18.0. The Morgan fingerprint density at radius 2 is 1.78 bits per heavy atom. The Bertz CT molecular complexity index is 481. The molecule has 1 aliphatic rings. The van der Waals surface area contributed by atoms with Crippen LogP contribution < -0.4 is 5.32 Å². The monoisotopic (exact) mass is 316 g/mol. The summed E-state index contributed by atoms with van der Waals surface area (Å²) in [5, 5.41) is 3.05. The highest BCUT2D eigenvalue weighted by Crippen LogP contribution is 2.22. The first-order chi connectivity index (χ1) is 10.9. The predicted molar refractivity (Wildman–Crippen MR) is 96.8 cm³/mol. The van der Waals surface area contributed by atoms with Gasteiger partial charge in [0.25, 0.3) is 0 Å². The fourth-order valence-electron chi connectivity index (χ4n) is 3.05. The van der Waals surface area contributed by atoms with Crippen molar-refractivity contribution in [1.29, 1.82) is 0 Å². The van der Waals surface area contributed by atoms with E-state index in [4.69, 9.17) is 0 Å². The molecule has 2 rings (SSSR count). The number of hydrogen-bond acceptors (Lipinski definition) is 2. The van der Waals surface area contributed by atoms with E-state index >= 15 is 0 Å². The van der Waals surface area contributed by atoms with Gasteiger partial charge in [0.15, 0.2) is 0 Å². The van der Waals surface area contributed by atoms with Crippen molar-refractivity contribution in [2.75, 3.05) is 26.2 Å². The number of hydrogen-bond donors (Lipinski definition) is 1. The van der Waals surface area contributed by atoms with Crippen LogP contribution in [0.1, 0.15) is 57.6 Å². The van der Waals surface area contributed by atoms with E-state index in [0.717, 1.165) is 25.9 Å². The molecule has 23 heavy (non-hydrogen) atoms. The van der Waals surface area contributed by atoms with Crippen molar-refractivity contribution in [2.24, 2.45) is 0 Å². The molecule has 1 N–H and O–H groups in total. The highest BCUT2D eigenvalue weighted by molar-refractivity contribution is 5.76. The second-order valence-corrected chi connectivity index (χ2v) is 7.70. The maximum atomic E-state index is 11.9. The lowest BCUT2D eigenvalue weighted by Gasteiger charge is -2.19. The second-order valence-electron chi connectivity index (χ2n) is 7.70. The van der Waals surface area contributed by atoms with Gasteiger partial charge in [-0.25, -0.2) is 0 Å². The van der Waals surface area contributed by atoms with Gasteiger partial charge in [-0.1, -0.05) is 45.0 Å². The molecule has 128 valence electrons. The molecule has 0 saturated carbocycles. The summed E-state index contributed by atoms with van der Waals surface area (Å²) < 4.78 is 0. The van der Waals surface area contributed by atoms with Gasteiger partial charge in [-0.05, 0) is 61.9 Å². The minimum absolute atomic E-state index is 0.173. The van der Waals surface area contributed by atoms with Gasteiger partial charge in [-0.15, -0.1) is 0 Å². The lowest BCUT2D eigenvalue weighted by molar-refractivity contribution is -0.121. The van der Waals surface area contributed by atoms with Crippen molar-refractivity contribution >= 4 is 5.91 Å². The van der Waals surface area contributed by atoms with E-state index < -0.39 is 0 Å². The van der Waals surface area contributed by atoms with Gasteiger partial charge in [0.2, 0.25) is 5.91 Å². The summed E-state index contributed by atoms with van der Waals surface area (Å²) in [6.45, 7) is 11.1. The smallest absolute Gasteiger partial charge is 0.220 e. The fourth-order valence-corrected chi connectivity index (χ4v) is 3.05. The number of likely N-dealkylation sites (tertiary alicyclic amines) is 1. The highest BCUT2D eigenvalue weighted by atomic mass is 16.1. The van der Waals surface area contributed by atoms with Gasteiger partial charge in [-0.3, -0.25) is 4.79 Å². The summed E-state index contributed by atoms with van der Waals surface area (Å²) in [7, 11) is 0. The SMILES string of the molecule is CC(C)(C)c1ccc(CCC(=O)NCCCN2CCCC2)cc1. The number of aryl methyl sites for hydroxylation is 1. The molecular formula is C20H32N2O.